The average molecular weight is 315 g/mol. The van der Waals surface area contributed by atoms with Gasteiger partial charge >= 0.3 is 0 Å². The highest BCUT2D eigenvalue weighted by molar-refractivity contribution is 5.90. The van der Waals surface area contributed by atoms with Crippen LogP contribution in [0, 0.1) is 0 Å². The molecule has 1 aromatic heterocycles. The highest BCUT2D eigenvalue weighted by atomic mass is 16.5. The molecule has 0 unspecified atom stereocenters. The molecule has 2 aromatic rings. The lowest BCUT2D eigenvalue weighted by atomic mass is 9.92. The number of nitrogens with one attached hydrogen (secondary N) is 1. The van der Waals surface area contributed by atoms with Gasteiger partial charge in [-0.1, -0.05) is 27.7 Å². The van der Waals surface area contributed by atoms with Crippen LogP contribution in [-0.2, 0) is 10.2 Å². The predicted octanol–water partition coefficient (Wildman–Crippen LogP) is 3.92. The molecule has 0 aliphatic carbocycles. The first-order valence-electron chi connectivity index (χ1n) is 7.90. The van der Waals surface area contributed by atoms with E-state index in [1.54, 1.807) is 11.8 Å². The Morgan fingerprint density at radius 1 is 1.26 bits per heavy atom. The van der Waals surface area contributed by atoms with Gasteiger partial charge in [-0.2, -0.15) is 5.10 Å². The largest absolute Gasteiger partial charge is 0.497 e. The number of hydrogen-bond acceptors (Lipinski definition) is 3. The molecule has 1 amide bonds. The van der Waals surface area contributed by atoms with E-state index in [0.29, 0.717) is 12.2 Å². The molecule has 0 saturated carbocycles. The number of benzene rings is 1. The standard InChI is InChI=1S/C18H25N3O2/c1-6-7-17(22)19-16-12-15(18(2,3)4)20-21(16)13-8-10-14(23-5)11-9-13/h8-12H,6-7H2,1-5H3,(H,19,22). The summed E-state index contributed by atoms with van der Waals surface area (Å²) >= 11 is 0. The Kier molecular flexibility index (Phi) is 5.08. The molecule has 0 spiro atoms. The average Bonchev–Trinajstić information content (AvgIpc) is 2.91. The van der Waals surface area contributed by atoms with Crippen molar-refractivity contribution < 1.29 is 9.53 Å². The molecule has 5 nitrogen and oxygen atoms in total. The van der Waals surface area contributed by atoms with Gasteiger partial charge < -0.3 is 10.1 Å². The number of ether oxygens (including phenoxy) is 1. The van der Waals surface area contributed by atoms with Crippen molar-refractivity contribution in [3.8, 4) is 11.4 Å². The van der Waals surface area contributed by atoms with Crippen LogP contribution in [0.4, 0.5) is 5.82 Å². The lowest BCUT2D eigenvalue weighted by molar-refractivity contribution is -0.116. The summed E-state index contributed by atoms with van der Waals surface area (Å²) in [5.74, 6) is 1.48. The number of carbonyl (C=O) groups is 1. The lowest BCUT2D eigenvalue weighted by Gasteiger charge is -2.14. The Bertz CT molecular complexity index is 667. The number of nitrogens with zero attached hydrogens (tertiary/aromatic N) is 2. The fraction of sp³-hybridized carbons (Fsp3) is 0.444. The summed E-state index contributed by atoms with van der Waals surface area (Å²) in [5, 5.41) is 7.64. The number of hydrogen-bond donors (Lipinski definition) is 1. The minimum Gasteiger partial charge on any atom is -0.497 e. The van der Waals surface area contributed by atoms with Crippen LogP contribution in [-0.4, -0.2) is 22.8 Å². The SMILES string of the molecule is CCCC(=O)Nc1cc(C(C)(C)C)nn1-c1ccc(OC)cc1. The number of aromatic nitrogens is 2. The predicted molar refractivity (Wildman–Crippen MR) is 92.4 cm³/mol. The Morgan fingerprint density at radius 3 is 2.43 bits per heavy atom. The van der Waals surface area contributed by atoms with Crippen molar-refractivity contribution in [2.45, 2.75) is 46.0 Å². The summed E-state index contributed by atoms with van der Waals surface area (Å²) in [5.41, 5.74) is 1.72. The first kappa shape index (κ1) is 17.1. The minimum atomic E-state index is -0.0953. The van der Waals surface area contributed by atoms with Gasteiger partial charge in [0.15, 0.2) is 0 Å². The summed E-state index contributed by atoms with van der Waals surface area (Å²) in [6.45, 7) is 8.29. The van der Waals surface area contributed by atoms with Crippen LogP contribution < -0.4 is 10.1 Å². The molecular weight excluding hydrogens is 290 g/mol. The number of rotatable bonds is 5. The maximum Gasteiger partial charge on any atom is 0.225 e. The van der Waals surface area contributed by atoms with Crippen LogP contribution in [0.3, 0.4) is 0 Å². The molecule has 1 heterocycles. The summed E-state index contributed by atoms with van der Waals surface area (Å²) in [6.07, 6.45) is 1.31. The van der Waals surface area contributed by atoms with Crippen molar-refractivity contribution in [1.82, 2.24) is 9.78 Å². The molecule has 124 valence electrons. The zero-order valence-corrected chi connectivity index (χ0v) is 14.5. The van der Waals surface area contributed by atoms with Gasteiger partial charge in [0.1, 0.15) is 11.6 Å². The van der Waals surface area contributed by atoms with Crippen molar-refractivity contribution in [2.24, 2.45) is 0 Å². The Morgan fingerprint density at radius 2 is 1.91 bits per heavy atom. The molecule has 5 heteroatoms. The van der Waals surface area contributed by atoms with Gasteiger partial charge in [0.05, 0.1) is 18.5 Å². The fourth-order valence-electron chi connectivity index (χ4n) is 2.19. The van der Waals surface area contributed by atoms with Crippen molar-refractivity contribution in [3.05, 3.63) is 36.0 Å². The Labute approximate surface area is 137 Å². The summed E-state index contributed by atoms with van der Waals surface area (Å²) < 4.78 is 6.96. The quantitative estimate of drug-likeness (QED) is 0.910. The van der Waals surface area contributed by atoms with E-state index < -0.39 is 0 Å². The van der Waals surface area contributed by atoms with Gasteiger partial charge in [0, 0.05) is 17.9 Å². The fourth-order valence-corrected chi connectivity index (χ4v) is 2.19. The normalized spacial score (nSPS) is 11.3. The third kappa shape index (κ3) is 4.12. The molecule has 23 heavy (non-hydrogen) atoms. The van der Waals surface area contributed by atoms with Crippen molar-refractivity contribution in [2.75, 3.05) is 12.4 Å². The van der Waals surface area contributed by atoms with E-state index in [0.717, 1.165) is 23.6 Å². The molecule has 0 atom stereocenters. The number of methoxy groups -OCH3 is 1. The zero-order chi connectivity index (χ0) is 17.0. The number of carbonyl (C=O) groups excluding carboxylic acids is 1. The highest BCUT2D eigenvalue weighted by Crippen LogP contribution is 2.27. The van der Waals surface area contributed by atoms with Crippen LogP contribution in [0.1, 0.15) is 46.2 Å². The molecule has 0 aliphatic heterocycles. The molecule has 0 radical (unpaired) electrons. The maximum atomic E-state index is 12.0. The third-order valence-electron chi connectivity index (χ3n) is 3.54. The van der Waals surface area contributed by atoms with E-state index in [1.807, 2.05) is 37.3 Å². The first-order chi connectivity index (χ1) is 10.8. The van der Waals surface area contributed by atoms with Crippen LogP contribution in [0.5, 0.6) is 5.75 Å². The number of amides is 1. The lowest BCUT2D eigenvalue weighted by Crippen LogP contribution is -2.14. The van der Waals surface area contributed by atoms with Gasteiger partial charge in [-0.25, -0.2) is 4.68 Å². The second-order valence-electron chi connectivity index (χ2n) is 6.57. The monoisotopic (exact) mass is 315 g/mol. The van der Waals surface area contributed by atoms with E-state index in [-0.39, 0.29) is 11.3 Å². The van der Waals surface area contributed by atoms with E-state index >= 15 is 0 Å². The molecule has 0 bridgehead atoms. The second-order valence-corrected chi connectivity index (χ2v) is 6.57. The Hall–Kier alpha value is -2.30. The number of anilines is 1. The molecule has 0 saturated heterocycles. The highest BCUT2D eigenvalue weighted by Gasteiger charge is 2.21. The zero-order valence-electron chi connectivity index (χ0n) is 14.5. The topological polar surface area (TPSA) is 56.2 Å². The van der Waals surface area contributed by atoms with Crippen molar-refractivity contribution in [1.29, 1.82) is 0 Å². The van der Waals surface area contributed by atoms with Gasteiger partial charge in [-0.15, -0.1) is 0 Å². The smallest absolute Gasteiger partial charge is 0.225 e. The molecule has 0 aliphatic rings. The van der Waals surface area contributed by atoms with Crippen LogP contribution >= 0.6 is 0 Å². The molecule has 0 fully saturated rings. The summed E-state index contributed by atoms with van der Waals surface area (Å²) in [4.78, 5) is 12.0. The van der Waals surface area contributed by atoms with Crippen LogP contribution in [0.2, 0.25) is 0 Å². The van der Waals surface area contributed by atoms with E-state index in [1.165, 1.54) is 0 Å². The molecular formula is C18H25N3O2. The summed E-state index contributed by atoms with van der Waals surface area (Å²) in [6, 6.07) is 9.55. The van der Waals surface area contributed by atoms with E-state index in [2.05, 4.69) is 31.2 Å². The molecule has 1 N–H and O–H groups in total. The van der Waals surface area contributed by atoms with Crippen LogP contribution in [0.15, 0.2) is 30.3 Å². The van der Waals surface area contributed by atoms with E-state index in [4.69, 9.17) is 4.74 Å². The Balaban J connectivity index is 2.42. The minimum absolute atomic E-state index is 0.00243. The third-order valence-corrected chi connectivity index (χ3v) is 3.54. The maximum absolute atomic E-state index is 12.0. The molecule has 2 rings (SSSR count). The van der Waals surface area contributed by atoms with Gasteiger partial charge in [0.25, 0.3) is 0 Å². The van der Waals surface area contributed by atoms with Gasteiger partial charge in [-0.05, 0) is 30.7 Å². The first-order valence-corrected chi connectivity index (χ1v) is 7.90. The van der Waals surface area contributed by atoms with Gasteiger partial charge in [0.2, 0.25) is 5.91 Å². The summed E-state index contributed by atoms with van der Waals surface area (Å²) in [7, 11) is 1.64. The van der Waals surface area contributed by atoms with Crippen molar-refractivity contribution >= 4 is 11.7 Å². The second kappa shape index (κ2) is 6.86. The molecule has 1 aromatic carbocycles. The van der Waals surface area contributed by atoms with Gasteiger partial charge in [-0.3, -0.25) is 4.79 Å². The van der Waals surface area contributed by atoms with Crippen molar-refractivity contribution in [3.63, 3.8) is 0 Å². The van der Waals surface area contributed by atoms with Crippen LogP contribution in [0.25, 0.3) is 5.69 Å². The van der Waals surface area contributed by atoms with E-state index in [9.17, 15) is 4.79 Å².